The first kappa shape index (κ1) is 25.4. The quantitative estimate of drug-likeness (QED) is 0.163. The molecule has 0 fully saturated rings. The Balaban J connectivity index is 1.91. The molecular formula is C22H45N2O3S+. The van der Waals surface area contributed by atoms with Gasteiger partial charge in [-0.05, 0) is 12.8 Å². The molecule has 166 valence electrons. The fourth-order valence-corrected chi connectivity index (χ4v) is 4.94. The van der Waals surface area contributed by atoms with Gasteiger partial charge in [-0.25, -0.2) is 4.55 Å². The van der Waals surface area contributed by atoms with Gasteiger partial charge in [0.2, 0.25) is 0 Å². The highest BCUT2D eigenvalue weighted by molar-refractivity contribution is 7.80. The zero-order chi connectivity index (χ0) is 20.7. The summed E-state index contributed by atoms with van der Waals surface area (Å²) in [5.41, 5.74) is 0. The van der Waals surface area contributed by atoms with E-state index in [9.17, 15) is 13.0 Å². The maximum atomic E-state index is 11.7. The van der Waals surface area contributed by atoms with Crippen molar-refractivity contribution in [3.63, 3.8) is 0 Å². The molecule has 0 bridgehead atoms. The largest absolute Gasteiger partial charge is 0.438 e. The highest BCUT2D eigenvalue weighted by Gasteiger charge is 2.42. The van der Waals surface area contributed by atoms with Gasteiger partial charge in [0.1, 0.15) is 12.7 Å². The molecule has 0 aromatic heterocycles. The lowest BCUT2D eigenvalue weighted by molar-refractivity contribution is -0.759. The van der Waals surface area contributed by atoms with Gasteiger partial charge in [-0.15, -0.1) is 12.3 Å². The normalized spacial score (nSPS) is 19.6. The monoisotopic (exact) mass is 417 g/mol. The first-order valence-electron chi connectivity index (χ1n) is 11.7. The predicted molar refractivity (Wildman–Crippen MR) is 118 cm³/mol. The SMILES string of the molecule is CCCCCCCCCCCCCCCCCC[N+]1(S(=O)(=O)O)C=CN(C)C1. The van der Waals surface area contributed by atoms with E-state index in [0.717, 1.165) is 19.3 Å². The zero-order valence-corrected chi connectivity index (χ0v) is 19.3. The minimum Gasteiger partial charge on any atom is -0.328 e. The molecule has 0 aromatic carbocycles. The van der Waals surface area contributed by atoms with Gasteiger partial charge in [-0.1, -0.05) is 96.8 Å². The summed E-state index contributed by atoms with van der Waals surface area (Å²) in [4.78, 5) is 1.81. The Morgan fingerprint density at radius 3 is 1.50 bits per heavy atom. The van der Waals surface area contributed by atoms with Gasteiger partial charge in [-0.3, -0.25) is 0 Å². The van der Waals surface area contributed by atoms with Crippen molar-refractivity contribution in [3.05, 3.63) is 12.4 Å². The minimum atomic E-state index is -4.11. The van der Waals surface area contributed by atoms with Crippen LogP contribution < -0.4 is 0 Å². The number of quaternary nitrogens is 1. The first-order valence-corrected chi connectivity index (χ1v) is 13.0. The number of nitrogens with zero attached hydrogens (tertiary/aromatic N) is 2. The van der Waals surface area contributed by atoms with Crippen LogP contribution in [0.4, 0.5) is 0 Å². The number of hydrogen-bond donors (Lipinski definition) is 1. The van der Waals surface area contributed by atoms with Crippen LogP contribution >= 0.6 is 0 Å². The van der Waals surface area contributed by atoms with Crippen LogP contribution in [-0.2, 0) is 10.3 Å². The summed E-state index contributed by atoms with van der Waals surface area (Å²) in [7, 11) is -2.28. The molecule has 28 heavy (non-hydrogen) atoms. The average Bonchev–Trinajstić information content (AvgIpc) is 3.03. The standard InChI is InChI=1S/C22H44N2O3S/c1-3-4-5-6-7-8-9-10-11-12-13-14-15-16-17-18-20-24(28(25,26)27)21-19-23(2)22-24/h19,21H,3-18,20,22H2,1-2H3/p+1. The van der Waals surface area contributed by atoms with E-state index in [0.29, 0.717) is 13.2 Å². The summed E-state index contributed by atoms with van der Waals surface area (Å²) >= 11 is 0. The van der Waals surface area contributed by atoms with Crippen LogP contribution in [0.1, 0.15) is 110 Å². The molecule has 1 N–H and O–H groups in total. The molecule has 0 saturated carbocycles. The average molecular weight is 418 g/mol. The predicted octanol–water partition coefficient (Wildman–Crippen LogP) is 6.24. The van der Waals surface area contributed by atoms with Gasteiger partial charge in [0.05, 0.1) is 6.20 Å². The molecule has 1 atom stereocenters. The summed E-state index contributed by atoms with van der Waals surface area (Å²) in [5, 5.41) is 0. The zero-order valence-electron chi connectivity index (χ0n) is 18.4. The highest BCUT2D eigenvalue weighted by Crippen LogP contribution is 2.23. The topological polar surface area (TPSA) is 57.6 Å². The van der Waals surface area contributed by atoms with Crippen molar-refractivity contribution < 1.29 is 16.9 Å². The van der Waals surface area contributed by atoms with Crippen LogP contribution in [0.15, 0.2) is 12.4 Å². The molecule has 0 saturated heterocycles. The third-order valence-corrected chi connectivity index (χ3v) is 7.24. The Hall–Kier alpha value is -0.590. The smallest absolute Gasteiger partial charge is 0.328 e. The van der Waals surface area contributed by atoms with E-state index in [1.807, 2.05) is 7.05 Å². The van der Waals surface area contributed by atoms with Crippen LogP contribution in [0.2, 0.25) is 0 Å². The number of rotatable bonds is 18. The van der Waals surface area contributed by atoms with E-state index in [1.165, 1.54) is 83.5 Å². The molecule has 1 heterocycles. The first-order chi connectivity index (χ1) is 13.4. The lowest BCUT2D eigenvalue weighted by atomic mass is 10.0. The number of unbranched alkanes of at least 4 members (excludes halogenated alkanes) is 15. The molecule has 0 amide bonds. The Kier molecular flexibility index (Phi) is 13.1. The van der Waals surface area contributed by atoms with Gasteiger partial charge in [0.15, 0.2) is 6.67 Å². The van der Waals surface area contributed by atoms with E-state index in [4.69, 9.17) is 0 Å². The van der Waals surface area contributed by atoms with Crippen molar-refractivity contribution in [2.45, 2.75) is 110 Å². The van der Waals surface area contributed by atoms with Crippen LogP contribution in [0.5, 0.6) is 0 Å². The Morgan fingerprint density at radius 2 is 1.18 bits per heavy atom. The third kappa shape index (κ3) is 10.3. The molecule has 1 aliphatic rings. The lowest BCUT2D eigenvalue weighted by Gasteiger charge is -2.27. The summed E-state index contributed by atoms with van der Waals surface area (Å²) in [6, 6.07) is 0. The van der Waals surface area contributed by atoms with Gasteiger partial charge in [-0.2, -0.15) is 0 Å². The van der Waals surface area contributed by atoms with Crippen molar-refractivity contribution in [2.24, 2.45) is 0 Å². The molecule has 0 spiro atoms. The Labute approximate surface area is 174 Å². The molecule has 1 unspecified atom stereocenters. The lowest BCUT2D eigenvalue weighted by Crippen LogP contribution is -2.49. The number of hydrogen-bond acceptors (Lipinski definition) is 3. The van der Waals surface area contributed by atoms with Crippen molar-refractivity contribution in [1.29, 1.82) is 0 Å². The van der Waals surface area contributed by atoms with E-state index in [-0.39, 0.29) is 3.89 Å². The van der Waals surface area contributed by atoms with Crippen molar-refractivity contribution in [2.75, 3.05) is 20.3 Å². The summed E-state index contributed by atoms with van der Waals surface area (Å²) in [6.45, 7) is 3.03. The van der Waals surface area contributed by atoms with E-state index in [1.54, 1.807) is 17.3 Å². The van der Waals surface area contributed by atoms with Gasteiger partial charge >= 0.3 is 10.3 Å². The van der Waals surface area contributed by atoms with E-state index < -0.39 is 10.3 Å². The van der Waals surface area contributed by atoms with Gasteiger partial charge < -0.3 is 4.90 Å². The molecule has 0 aromatic rings. The summed E-state index contributed by atoms with van der Waals surface area (Å²) < 4.78 is 32.7. The molecule has 0 aliphatic carbocycles. The van der Waals surface area contributed by atoms with Crippen LogP contribution in [0.25, 0.3) is 0 Å². The van der Waals surface area contributed by atoms with Crippen LogP contribution in [0, 0.1) is 0 Å². The summed E-state index contributed by atoms with van der Waals surface area (Å²) in [6.07, 6.45) is 24.1. The van der Waals surface area contributed by atoms with Crippen LogP contribution in [-0.4, -0.2) is 42.0 Å². The maximum absolute atomic E-state index is 11.7. The molecular weight excluding hydrogens is 372 g/mol. The Morgan fingerprint density at radius 1 is 0.786 bits per heavy atom. The Bertz CT molecular complexity index is 522. The van der Waals surface area contributed by atoms with Crippen molar-refractivity contribution in [1.82, 2.24) is 4.90 Å². The maximum Gasteiger partial charge on any atom is 0.438 e. The molecule has 5 nitrogen and oxygen atoms in total. The summed E-state index contributed by atoms with van der Waals surface area (Å²) in [5.74, 6) is 0. The minimum absolute atomic E-state index is 0.303. The van der Waals surface area contributed by atoms with Gasteiger partial charge in [0, 0.05) is 7.05 Å². The highest BCUT2D eigenvalue weighted by atomic mass is 32.2. The second kappa shape index (κ2) is 14.4. The molecule has 6 heteroatoms. The third-order valence-electron chi connectivity index (χ3n) is 5.90. The molecule has 1 rings (SSSR count). The molecule has 1 aliphatic heterocycles. The van der Waals surface area contributed by atoms with Crippen LogP contribution in [0.3, 0.4) is 0 Å². The molecule has 0 radical (unpaired) electrons. The van der Waals surface area contributed by atoms with Crippen molar-refractivity contribution >= 4 is 10.3 Å². The fourth-order valence-electron chi connectivity index (χ4n) is 4.05. The van der Waals surface area contributed by atoms with E-state index >= 15 is 0 Å². The fraction of sp³-hybridized carbons (Fsp3) is 0.909. The second-order valence-electron chi connectivity index (χ2n) is 8.62. The van der Waals surface area contributed by atoms with Crippen molar-refractivity contribution in [3.8, 4) is 0 Å². The van der Waals surface area contributed by atoms with Gasteiger partial charge in [0.25, 0.3) is 0 Å². The second-order valence-corrected chi connectivity index (χ2v) is 10.2. The van der Waals surface area contributed by atoms with E-state index in [2.05, 4.69) is 6.92 Å².